The average Bonchev–Trinajstić information content (AvgIpc) is 4.24. The van der Waals surface area contributed by atoms with E-state index in [0.717, 1.165) is 32.8 Å². The summed E-state index contributed by atoms with van der Waals surface area (Å²) in [6.07, 6.45) is 0.293. The number of nitrogens with one attached hydrogen (secondary N) is 2. The minimum atomic E-state index is -0.933. The van der Waals surface area contributed by atoms with Crippen molar-refractivity contribution >= 4 is 40.9 Å². The Balaban J connectivity index is 0.876. The third-order valence-electron chi connectivity index (χ3n) is 13.6. The lowest BCUT2D eigenvalue weighted by atomic mass is 9.91. The average molecular weight is 983 g/mol. The number of carbonyl (C=O) groups is 5. The smallest absolute Gasteiger partial charge is 0.255 e. The molecule has 3 aromatic carbocycles. The molecule has 71 heavy (non-hydrogen) atoms. The number of aliphatic hydroxyl groups excluding tert-OH is 1. The predicted molar refractivity (Wildman–Crippen MR) is 262 cm³/mol. The Bertz CT molecular complexity index is 2900. The van der Waals surface area contributed by atoms with E-state index in [2.05, 4.69) is 25.9 Å². The number of benzene rings is 3. The zero-order valence-corrected chi connectivity index (χ0v) is 41.4. The zero-order chi connectivity index (χ0) is 50.1. The Morgan fingerprint density at radius 2 is 1.46 bits per heavy atom. The molecule has 5 amide bonds. The Hall–Kier alpha value is -7.18. The first-order valence-corrected chi connectivity index (χ1v) is 24.9. The third kappa shape index (κ3) is 10.4. The molecule has 3 aromatic heterocycles. The fraction of sp³-hybridized carbons (Fsp3) is 0.396. The van der Waals surface area contributed by atoms with Crippen LogP contribution in [0.25, 0.3) is 21.8 Å². The third-order valence-corrected chi connectivity index (χ3v) is 14.6. The maximum atomic E-state index is 14.6. The van der Waals surface area contributed by atoms with E-state index >= 15 is 0 Å². The minimum absolute atomic E-state index is 0.0459. The second-order valence-electron chi connectivity index (χ2n) is 19.4. The van der Waals surface area contributed by atoms with Gasteiger partial charge in [-0.05, 0) is 60.1 Å². The van der Waals surface area contributed by atoms with Gasteiger partial charge in [-0.25, -0.2) is 4.98 Å². The number of likely N-dealkylation sites (tertiary alicyclic amines) is 2. The number of thiazole rings is 1. The molecule has 3 N–H and O–H groups in total. The summed E-state index contributed by atoms with van der Waals surface area (Å²) in [6.45, 7) is 12.0. The van der Waals surface area contributed by atoms with Crippen molar-refractivity contribution in [3.05, 3.63) is 130 Å². The molecule has 2 saturated heterocycles. The molecule has 0 radical (unpaired) electrons. The van der Waals surface area contributed by atoms with E-state index in [1.807, 2.05) is 88.7 Å². The van der Waals surface area contributed by atoms with Crippen LogP contribution >= 0.6 is 11.3 Å². The van der Waals surface area contributed by atoms with Crippen molar-refractivity contribution in [2.24, 2.45) is 11.8 Å². The number of aryl methyl sites for hydroxylation is 2. The van der Waals surface area contributed by atoms with Gasteiger partial charge >= 0.3 is 0 Å². The van der Waals surface area contributed by atoms with Gasteiger partial charge in [0, 0.05) is 62.3 Å². The van der Waals surface area contributed by atoms with Crippen molar-refractivity contribution in [2.75, 3.05) is 13.1 Å². The maximum Gasteiger partial charge on any atom is 0.255 e. The van der Waals surface area contributed by atoms with Crippen LogP contribution in [-0.4, -0.2) is 108 Å². The molecule has 6 aromatic rings. The van der Waals surface area contributed by atoms with Gasteiger partial charge in [0.2, 0.25) is 23.6 Å². The molecule has 370 valence electrons. The molecule has 6 atom stereocenters. The Morgan fingerprint density at radius 1 is 0.803 bits per heavy atom. The van der Waals surface area contributed by atoms with Gasteiger partial charge in [-0.2, -0.15) is 0 Å². The summed E-state index contributed by atoms with van der Waals surface area (Å²) < 4.78 is 17.4. The number of hydrogen-bond acceptors (Lipinski definition) is 13. The van der Waals surface area contributed by atoms with E-state index in [0.29, 0.717) is 34.1 Å². The van der Waals surface area contributed by atoms with Crippen LogP contribution in [0.2, 0.25) is 0 Å². The number of aromatic nitrogens is 3. The predicted octanol–water partition coefficient (Wildman–Crippen LogP) is 6.43. The molecule has 0 spiro atoms. The van der Waals surface area contributed by atoms with Crippen LogP contribution in [0, 0.1) is 25.7 Å². The fourth-order valence-corrected chi connectivity index (χ4v) is 10.8. The SMILES string of the molecule is Cc1cc(C(C(=O)N2C[C@H](Oc3ccc4c(c3)C(=O)N([C@H](C(=O)N3C[C@H](O)C[C@H]3C(=O)NCc3ccc(-c5ccno5)cc3)C(C)C)C4)C[C@H]2C(=O)NCc2ccc(-c3scnc3C)cc2)C(C)C)on1. The first-order valence-electron chi connectivity index (χ1n) is 24.0. The van der Waals surface area contributed by atoms with E-state index in [1.165, 1.54) is 9.80 Å². The molecular weight excluding hydrogens is 925 g/mol. The molecular formula is C53H58N8O9S. The van der Waals surface area contributed by atoms with Crippen LogP contribution in [0.4, 0.5) is 0 Å². The fourth-order valence-electron chi connectivity index (χ4n) is 9.98. The molecule has 6 heterocycles. The second-order valence-corrected chi connectivity index (χ2v) is 20.2. The van der Waals surface area contributed by atoms with Crippen LogP contribution in [0.1, 0.15) is 90.7 Å². The number of ether oxygens (including phenoxy) is 1. The van der Waals surface area contributed by atoms with Gasteiger partial charge in [0.25, 0.3) is 5.91 Å². The molecule has 0 saturated carbocycles. The molecule has 2 fully saturated rings. The van der Waals surface area contributed by atoms with Gasteiger partial charge in [0.05, 0.1) is 40.6 Å². The number of amides is 5. The summed E-state index contributed by atoms with van der Waals surface area (Å²) in [5.74, 6) is -1.60. The number of carbonyl (C=O) groups excluding carboxylic acids is 5. The summed E-state index contributed by atoms with van der Waals surface area (Å²) in [6, 6.07) is 21.4. The highest BCUT2D eigenvalue weighted by Gasteiger charge is 2.47. The number of rotatable bonds is 16. The molecule has 0 bridgehead atoms. The van der Waals surface area contributed by atoms with Gasteiger partial charge in [0.1, 0.15) is 41.7 Å². The standard InChI is InChI=1S/C53H58N8O9S/c1-29(2)46(45-19-31(5)58-70-45)52(66)60-27-40(22-43(60)50(64)55-24-34-9-13-36(14-10-34)48-32(6)56-28-71-48)68-39-16-15-37-25-61(51(65)41(37)21-39)47(30(3)4)53(67)59-26-38(62)20-42(59)49(63)54-23-33-7-11-35(12-8-33)44-17-18-57-69-44/h7-19,21,28-30,38,40,42-43,46-47,62H,20,22-27H2,1-6H3,(H,54,63)(H,55,64)/t38-,40-,42+,43+,46?,47+/m1/s1. The normalized spacial score (nSPS) is 19.6. The Morgan fingerprint density at radius 3 is 2.06 bits per heavy atom. The van der Waals surface area contributed by atoms with Crippen molar-refractivity contribution < 1.29 is 42.9 Å². The van der Waals surface area contributed by atoms with Gasteiger partial charge in [0.15, 0.2) is 5.76 Å². The molecule has 3 aliphatic heterocycles. The molecule has 9 rings (SSSR count). The van der Waals surface area contributed by atoms with E-state index < -0.39 is 48.1 Å². The van der Waals surface area contributed by atoms with Crippen molar-refractivity contribution in [3.63, 3.8) is 0 Å². The van der Waals surface area contributed by atoms with Gasteiger partial charge in [-0.15, -0.1) is 11.3 Å². The number of β-amino-alcohol motifs (C(OH)–C–C–N with tert-alkyl or cyclic N) is 1. The first kappa shape index (κ1) is 48.8. The van der Waals surface area contributed by atoms with E-state index in [9.17, 15) is 29.1 Å². The van der Waals surface area contributed by atoms with Crippen LogP contribution in [0.15, 0.2) is 99.6 Å². The van der Waals surface area contributed by atoms with Crippen LogP contribution in [-0.2, 0) is 38.8 Å². The van der Waals surface area contributed by atoms with Crippen LogP contribution < -0.4 is 15.4 Å². The van der Waals surface area contributed by atoms with Gasteiger partial charge in [-0.1, -0.05) is 92.6 Å². The molecule has 17 nitrogen and oxygen atoms in total. The monoisotopic (exact) mass is 982 g/mol. The van der Waals surface area contributed by atoms with Crippen molar-refractivity contribution in [1.82, 2.24) is 40.6 Å². The molecule has 3 aliphatic rings. The Labute approximate surface area is 415 Å². The zero-order valence-electron chi connectivity index (χ0n) is 40.5. The van der Waals surface area contributed by atoms with Gasteiger partial charge < -0.3 is 44.2 Å². The molecule has 18 heteroatoms. The lowest BCUT2D eigenvalue weighted by Gasteiger charge is -2.35. The van der Waals surface area contributed by atoms with Crippen molar-refractivity contribution in [2.45, 2.75) is 110 Å². The summed E-state index contributed by atoms with van der Waals surface area (Å²) in [4.78, 5) is 81.2. The van der Waals surface area contributed by atoms with E-state index in [-0.39, 0.29) is 75.1 Å². The van der Waals surface area contributed by atoms with E-state index in [4.69, 9.17) is 13.8 Å². The summed E-state index contributed by atoms with van der Waals surface area (Å²) in [5, 5.41) is 24.5. The quantitative estimate of drug-likeness (QED) is 0.0957. The summed E-state index contributed by atoms with van der Waals surface area (Å²) in [5.41, 5.74) is 8.08. The Kier molecular flexibility index (Phi) is 14.2. The second kappa shape index (κ2) is 20.7. The van der Waals surface area contributed by atoms with Crippen molar-refractivity contribution in [1.29, 1.82) is 0 Å². The van der Waals surface area contributed by atoms with Crippen molar-refractivity contribution in [3.8, 4) is 27.5 Å². The highest BCUT2D eigenvalue weighted by Crippen LogP contribution is 2.36. The molecule has 1 unspecified atom stereocenters. The number of nitrogens with zero attached hydrogens (tertiary/aromatic N) is 6. The van der Waals surface area contributed by atoms with Gasteiger partial charge in [-0.3, -0.25) is 24.0 Å². The van der Waals surface area contributed by atoms with Crippen LogP contribution in [0.3, 0.4) is 0 Å². The topological polar surface area (TPSA) is 214 Å². The van der Waals surface area contributed by atoms with Crippen LogP contribution in [0.5, 0.6) is 5.75 Å². The summed E-state index contributed by atoms with van der Waals surface area (Å²) >= 11 is 1.57. The summed E-state index contributed by atoms with van der Waals surface area (Å²) in [7, 11) is 0. The highest BCUT2D eigenvalue weighted by atomic mass is 32.1. The van der Waals surface area contributed by atoms with E-state index in [1.54, 1.807) is 59.7 Å². The number of hydrogen-bond donors (Lipinski definition) is 3. The number of fused-ring (bicyclic) bond motifs is 1. The largest absolute Gasteiger partial charge is 0.488 e. The highest BCUT2D eigenvalue weighted by molar-refractivity contribution is 7.13. The lowest BCUT2D eigenvalue weighted by Crippen LogP contribution is -2.55. The lowest BCUT2D eigenvalue weighted by molar-refractivity contribution is -0.143. The maximum absolute atomic E-state index is 14.6. The minimum Gasteiger partial charge on any atom is -0.488 e. The first-order chi connectivity index (χ1) is 34.1. The molecule has 0 aliphatic carbocycles. The number of aliphatic hydroxyl groups is 1.